The fraction of sp³-hybridized carbons (Fsp3) is 0.618. The molecule has 1 fully saturated rings. The first-order valence-electron chi connectivity index (χ1n) is 16.6. The van der Waals surface area contributed by atoms with Crippen molar-refractivity contribution in [2.45, 2.75) is 102 Å². The quantitative estimate of drug-likeness (QED) is 0.0960. The maximum Gasteiger partial charge on any atom is 0.366 e. The van der Waals surface area contributed by atoms with Crippen LogP contribution in [0.25, 0.3) is 0 Å². The lowest BCUT2D eigenvalue weighted by Crippen LogP contribution is -2.70. The predicted octanol–water partition coefficient (Wildman–Crippen LogP) is 1.07. The smallest absolute Gasteiger partial charge is 0.366 e. The number of nitrogens with one attached hydrogen (secondary N) is 2. The van der Waals surface area contributed by atoms with Crippen molar-refractivity contribution in [2.24, 2.45) is 0 Å². The second-order valence-corrected chi connectivity index (χ2v) is 12.3. The van der Waals surface area contributed by atoms with Crippen LogP contribution in [0, 0.1) is 0 Å². The molecule has 52 heavy (non-hydrogen) atoms. The molecule has 0 aliphatic carbocycles. The first kappa shape index (κ1) is 43.8. The molecule has 1 aromatic carbocycles. The number of methoxy groups -OCH3 is 1. The number of carbonyl (C=O) groups is 7. The molecule has 0 radical (unpaired) electrons. The van der Waals surface area contributed by atoms with Gasteiger partial charge in [0.1, 0.15) is 12.2 Å². The number of aliphatic hydroxyl groups excluding tert-OH is 1. The van der Waals surface area contributed by atoms with Crippen LogP contribution in [0.15, 0.2) is 24.3 Å². The van der Waals surface area contributed by atoms with E-state index < -0.39 is 97.5 Å². The molecule has 0 spiro atoms. The summed E-state index contributed by atoms with van der Waals surface area (Å²) in [5, 5.41) is 14.7. The second-order valence-electron chi connectivity index (χ2n) is 11.9. The van der Waals surface area contributed by atoms with Gasteiger partial charge in [0.25, 0.3) is 11.7 Å². The minimum atomic E-state index is -2.33. The van der Waals surface area contributed by atoms with Crippen LogP contribution in [0.2, 0.25) is 5.02 Å². The number of ether oxygens (including phenoxy) is 7. The highest BCUT2D eigenvalue weighted by Gasteiger charge is 2.59. The SMILES string of the molecule is COC(=O)[C@@]1(OCCCCCCO)C[C@H](OC(C)=O)[C@@H](NC(=O)COC(C)=O)[C@H]([C@H](OC(C)=O)[C@@H](CNC(=O)Cc2ccc(Cl)cc2)OC(C)=O)O1. The zero-order valence-corrected chi connectivity index (χ0v) is 30.6. The normalized spacial score (nSPS) is 20.7. The lowest BCUT2D eigenvalue weighted by atomic mass is 9.87. The van der Waals surface area contributed by atoms with E-state index in [9.17, 15) is 33.6 Å². The van der Waals surface area contributed by atoms with Crippen LogP contribution >= 0.6 is 11.6 Å². The zero-order chi connectivity index (χ0) is 38.8. The van der Waals surface area contributed by atoms with Gasteiger partial charge in [0.2, 0.25) is 5.91 Å². The third kappa shape index (κ3) is 14.7. The van der Waals surface area contributed by atoms with Gasteiger partial charge in [-0.1, -0.05) is 36.6 Å². The molecule has 0 unspecified atom stereocenters. The van der Waals surface area contributed by atoms with Crippen LogP contribution < -0.4 is 10.6 Å². The first-order chi connectivity index (χ1) is 24.6. The van der Waals surface area contributed by atoms with Crippen molar-refractivity contribution in [1.29, 1.82) is 0 Å². The van der Waals surface area contributed by atoms with Crippen LogP contribution in [0.5, 0.6) is 0 Å². The van der Waals surface area contributed by atoms with Crippen LogP contribution in [0.3, 0.4) is 0 Å². The Morgan fingerprint density at radius 2 is 1.56 bits per heavy atom. The van der Waals surface area contributed by atoms with Gasteiger partial charge in [-0.3, -0.25) is 28.8 Å². The monoisotopic (exact) mass is 758 g/mol. The highest BCUT2D eigenvalue weighted by atomic mass is 35.5. The highest BCUT2D eigenvalue weighted by molar-refractivity contribution is 6.30. The highest BCUT2D eigenvalue weighted by Crippen LogP contribution is 2.37. The van der Waals surface area contributed by atoms with Crippen LogP contribution in [-0.4, -0.2) is 116 Å². The number of halogens is 1. The molecule has 18 heteroatoms. The van der Waals surface area contributed by atoms with E-state index >= 15 is 0 Å². The molecule has 1 aliphatic rings. The summed E-state index contributed by atoms with van der Waals surface area (Å²) in [6, 6.07) is 5.01. The molecule has 2 rings (SSSR count). The Balaban J connectivity index is 2.64. The predicted molar refractivity (Wildman–Crippen MR) is 179 cm³/mol. The van der Waals surface area contributed by atoms with E-state index in [1.165, 1.54) is 0 Å². The van der Waals surface area contributed by atoms with E-state index in [-0.39, 0.29) is 19.6 Å². The van der Waals surface area contributed by atoms with Crippen molar-refractivity contribution in [2.75, 3.05) is 33.5 Å². The van der Waals surface area contributed by atoms with Crippen molar-refractivity contribution < 1.29 is 71.8 Å². The fourth-order valence-electron chi connectivity index (χ4n) is 5.41. The second kappa shape index (κ2) is 21.9. The standard InChI is InChI=1S/C34H47ClN2O15/c1-20(39)47-19-29(44)37-30-26(49-21(2)40)17-34(33(45)46-5,48-15-9-7-6-8-14-38)52-32(30)31(51-23(4)42)27(50-22(3)41)18-36-28(43)16-24-10-12-25(35)13-11-24/h10-13,26-27,30-32,38H,6-9,14-19H2,1-5H3,(H,36,43)(H,37,44)/t26-,27+,30+,31+,32+,34+/m0/s1. The number of unbranched alkanes of at least 4 members (excludes halogenated alkanes) is 3. The van der Waals surface area contributed by atoms with Crippen LogP contribution in [-0.2, 0) is 73.1 Å². The van der Waals surface area contributed by atoms with Crippen LogP contribution in [0.1, 0.15) is 65.4 Å². The topological polar surface area (TPSA) is 228 Å². The first-order valence-corrected chi connectivity index (χ1v) is 16.9. The third-order valence-corrected chi connectivity index (χ3v) is 7.83. The van der Waals surface area contributed by atoms with Gasteiger partial charge in [0.05, 0.1) is 39.1 Å². The Bertz CT molecular complexity index is 1390. The van der Waals surface area contributed by atoms with E-state index in [0.29, 0.717) is 36.3 Å². The van der Waals surface area contributed by atoms with Crippen molar-refractivity contribution >= 4 is 53.3 Å². The molecule has 2 amide bonds. The molecule has 290 valence electrons. The molecule has 17 nitrogen and oxygen atoms in total. The molecule has 1 aromatic rings. The van der Waals surface area contributed by atoms with Gasteiger partial charge in [-0.2, -0.15) is 0 Å². The number of benzene rings is 1. The third-order valence-electron chi connectivity index (χ3n) is 7.57. The molecule has 1 aliphatic heterocycles. The fourth-order valence-corrected chi connectivity index (χ4v) is 5.53. The van der Waals surface area contributed by atoms with Gasteiger partial charge in [-0.25, -0.2) is 4.79 Å². The van der Waals surface area contributed by atoms with Crippen molar-refractivity contribution in [3.05, 3.63) is 34.9 Å². The number of carbonyl (C=O) groups excluding carboxylic acids is 7. The molecule has 6 atom stereocenters. The van der Waals surface area contributed by atoms with Crippen molar-refractivity contribution in [3.8, 4) is 0 Å². The average molecular weight is 759 g/mol. The lowest BCUT2D eigenvalue weighted by Gasteiger charge is -2.48. The summed E-state index contributed by atoms with van der Waals surface area (Å²) >= 11 is 5.94. The van der Waals surface area contributed by atoms with Gasteiger partial charge in [-0.15, -0.1) is 0 Å². The Labute approximate surface area is 306 Å². The van der Waals surface area contributed by atoms with Crippen LogP contribution in [0.4, 0.5) is 0 Å². The van der Waals surface area contributed by atoms with E-state index in [2.05, 4.69) is 10.6 Å². The lowest BCUT2D eigenvalue weighted by molar-refractivity contribution is -0.313. The van der Waals surface area contributed by atoms with E-state index in [1.54, 1.807) is 24.3 Å². The number of amides is 2. The van der Waals surface area contributed by atoms with E-state index in [4.69, 9.17) is 49.9 Å². The number of hydrogen-bond acceptors (Lipinski definition) is 15. The summed E-state index contributed by atoms with van der Waals surface area (Å²) in [5.41, 5.74) is 0.606. The Morgan fingerprint density at radius 3 is 2.13 bits per heavy atom. The van der Waals surface area contributed by atoms with Gasteiger partial charge in [-0.05, 0) is 30.5 Å². The van der Waals surface area contributed by atoms with Gasteiger partial charge < -0.3 is 48.9 Å². The largest absolute Gasteiger partial charge is 0.465 e. The molecule has 0 bridgehead atoms. The Morgan fingerprint density at radius 1 is 0.904 bits per heavy atom. The van der Waals surface area contributed by atoms with Gasteiger partial charge in [0, 0.05) is 39.3 Å². The molecule has 0 saturated carbocycles. The van der Waals surface area contributed by atoms with Crippen molar-refractivity contribution in [3.63, 3.8) is 0 Å². The summed E-state index contributed by atoms with van der Waals surface area (Å²) in [5.74, 6) is -8.24. The Kier molecular flexibility index (Phi) is 18.5. The number of esters is 5. The Hall–Kier alpha value is -4.32. The van der Waals surface area contributed by atoms with Gasteiger partial charge in [0.15, 0.2) is 18.8 Å². The van der Waals surface area contributed by atoms with E-state index in [1.807, 2.05) is 0 Å². The average Bonchev–Trinajstić information content (AvgIpc) is 3.07. The minimum Gasteiger partial charge on any atom is -0.465 e. The molecular weight excluding hydrogens is 712 g/mol. The summed E-state index contributed by atoms with van der Waals surface area (Å²) < 4.78 is 38.9. The van der Waals surface area contributed by atoms with Gasteiger partial charge >= 0.3 is 29.8 Å². The summed E-state index contributed by atoms with van der Waals surface area (Å²) in [7, 11) is 1.06. The number of aliphatic hydroxyl groups is 1. The molecule has 0 aromatic heterocycles. The molecule has 3 N–H and O–H groups in total. The number of hydrogen-bond donors (Lipinski definition) is 3. The summed E-state index contributed by atoms with van der Waals surface area (Å²) in [6.07, 6.45) is -4.84. The zero-order valence-electron chi connectivity index (χ0n) is 29.8. The number of rotatable bonds is 20. The minimum absolute atomic E-state index is 0.00496. The summed E-state index contributed by atoms with van der Waals surface area (Å²) in [6.45, 7) is 2.92. The molecular formula is C34H47ClN2O15. The molecule has 1 heterocycles. The maximum absolute atomic E-state index is 13.5. The van der Waals surface area contributed by atoms with E-state index in [0.717, 1.165) is 34.8 Å². The summed E-state index contributed by atoms with van der Waals surface area (Å²) in [4.78, 5) is 88.4. The molecule has 1 saturated heterocycles. The maximum atomic E-state index is 13.5. The van der Waals surface area contributed by atoms with Crippen molar-refractivity contribution in [1.82, 2.24) is 10.6 Å².